The Morgan fingerprint density at radius 1 is 1.10 bits per heavy atom. The number of aromatic nitrogens is 1. The molecule has 6 heteroatoms. The largest absolute Gasteiger partial charge is 0.391 e. The van der Waals surface area contributed by atoms with Crippen LogP contribution in [-0.2, 0) is 13.2 Å². The molecule has 0 aliphatic rings. The lowest BCUT2D eigenvalue weighted by molar-refractivity contribution is -0.692. The minimum Gasteiger partial charge on any atom is -0.391 e. The third-order valence-electron chi connectivity index (χ3n) is 5.03. The smallest absolute Gasteiger partial charge is 0.270 e. The van der Waals surface area contributed by atoms with E-state index in [2.05, 4.69) is 5.32 Å². The minimum absolute atomic E-state index is 0.138. The van der Waals surface area contributed by atoms with Gasteiger partial charge < -0.3 is 10.4 Å². The van der Waals surface area contributed by atoms with Crippen LogP contribution in [0.3, 0.4) is 0 Å². The maximum Gasteiger partial charge on any atom is 0.270 e. The van der Waals surface area contributed by atoms with Crippen LogP contribution < -0.4 is 9.88 Å². The second-order valence-corrected chi connectivity index (χ2v) is 7.67. The van der Waals surface area contributed by atoms with Gasteiger partial charge in [0.15, 0.2) is 17.4 Å². The highest BCUT2D eigenvalue weighted by molar-refractivity contribution is 7.80. The molecule has 154 valence electrons. The Kier molecular flexibility index (Phi) is 7.03. The molecule has 0 aliphatic heterocycles. The van der Waals surface area contributed by atoms with Crippen LogP contribution in [0.5, 0.6) is 0 Å². The first kappa shape index (κ1) is 21.7. The molecule has 2 N–H and O–H groups in total. The number of halogens is 1. The monoisotopic (exact) mass is 423 g/mol. The molecular formula is C24H24FN2O2S+. The Labute approximate surface area is 181 Å². The van der Waals surface area contributed by atoms with Crippen molar-refractivity contribution in [3.63, 3.8) is 0 Å². The van der Waals surface area contributed by atoms with Crippen molar-refractivity contribution in [1.82, 2.24) is 5.32 Å². The normalized spacial score (nSPS) is 11.7. The second kappa shape index (κ2) is 9.69. The van der Waals surface area contributed by atoms with E-state index in [4.69, 9.17) is 12.2 Å². The highest BCUT2D eigenvalue weighted by Crippen LogP contribution is 2.16. The number of Topliss-reactive ketones (excluding diaryl/α,β-unsaturated/α-hetero) is 1. The summed E-state index contributed by atoms with van der Waals surface area (Å²) in [5, 5.41) is 12.6. The van der Waals surface area contributed by atoms with Gasteiger partial charge in [-0.15, -0.1) is 0 Å². The number of nitrogens with one attached hydrogen (secondary N) is 1. The van der Waals surface area contributed by atoms with Gasteiger partial charge in [-0.2, -0.15) is 4.57 Å². The Hall–Kier alpha value is -2.96. The van der Waals surface area contributed by atoms with E-state index in [1.807, 2.05) is 26.0 Å². The quantitative estimate of drug-likeness (QED) is 0.345. The molecule has 30 heavy (non-hydrogen) atoms. The summed E-state index contributed by atoms with van der Waals surface area (Å²) in [6, 6.07) is 14.5. The molecule has 0 saturated carbocycles. The first-order valence-corrected chi connectivity index (χ1v) is 10.0. The highest BCUT2D eigenvalue weighted by atomic mass is 32.1. The summed E-state index contributed by atoms with van der Waals surface area (Å²) >= 11 is 5.61. The zero-order valence-electron chi connectivity index (χ0n) is 16.9. The van der Waals surface area contributed by atoms with Gasteiger partial charge in [-0.3, -0.25) is 4.79 Å². The number of carbonyl (C=O) groups is 1. The van der Waals surface area contributed by atoms with Crippen LogP contribution in [0, 0.1) is 19.7 Å². The van der Waals surface area contributed by atoms with Crippen LogP contribution in [-0.4, -0.2) is 15.9 Å². The van der Waals surface area contributed by atoms with E-state index >= 15 is 0 Å². The lowest BCUT2D eigenvalue weighted by atomic mass is 9.99. The first-order valence-electron chi connectivity index (χ1n) is 9.63. The van der Waals surface area contributed by atoms with Gasteiger partial charge in [-0.05, 0) is 54.8 Å². The third-order valence-corrected chi connectivity index (χ3v) is 5.40. The third kappa shape index (κ3) is 5.14. The van der Waals surface area contributed by atoms with Gasteiger partial charge in [0.1, 0.15) is 5.82 Å². The van der Waals surface area contributed by atoms with E-state index in [9.17, 15) is 14.3 Å². The maximum absolute atomic E-state index is 13.4. The number of pyridine rings is 1. The average Bonchev–Trinajstić information content (AvgIpc) is 2.75. The summed E-state index contributed by atoms with van der Waals surface area (Å²) in [6.07, 6.45) is 3.48. The zero-order valence-corrected chi connectivity index (χ0v) is 17.7. The molecule has 3 rings (SSSR count). The molecule has 0 amide bonds. The summed E-state index contributed by atoms with van der Waals surface area (Å²) < 4.78 is 14.9. The van der Waals surface area contributed by atoms with Crippen LogP contribution in [0.4, 0.5) is 4.39 Å². The van der Waals surface area contributed by atoms with E-state index < -0.39 is 6.04 Å². The number of thiocarbonyl (C=S) groups is 1. The van der Waals surface area contributed by atoms with Gasteiger partial charge >= 0.3 is 0 Å². The molecule has 0 saturated heterocycles. The maximum atomic E-state index is 13.4. The van der Waals surface area contributed by atoms with Gasteiger partial charge in [0, 0.05) is 23.7 Å². The molecular weight excluding hydrogens is 399 g/mol. The van der Waals surface area contributed by atoms with Gasteiger partial charge in [-0.25, -0.2) is 4.39 Å². The predicted octanol–water partition coefficient (Wildman–Crippen LogP) is 3.76. The van der Waals surface area contributed by atoms with Crippen molar-refractivity contribution >= 4 is 23.0 Å². The van der Waals surface area contributed by atoms with Crippen LogP contribution in [0.1, 0.15) is 38.7 Å². The van der Waals surface area contributed by atoms with Crippen molar-refractivity contribution in [2.75, 3.05) is 0 Å². The van der Waals surface area contributed by atoms with Gasteiger partial charge in [0.2, 0.25) is 5.78 Å². The molecule has 0 bridgehead atoms. The standard InChI is InChI=1S/C24H23FN2O2S/c1-16-5-8-20(12-17(16)2)23(29)22(27-11-3-4-19(14-27)15-28)24(30)26-13-18-6-9-21(25)10-7-18/h3-12,14,22,28H,13,15H2,1-2H3/p+1/t22-/m0/s1. The molecule has 0 fully saturated rings. The van der Waals surface area contributed by atoms with Gasteiger partial charge in [-0.1, -0.05) is 36.5 Å². The molecule has 1 heterocycles. The topological polar surface area (TPSA) is 53.2 Å². The Bertz CT molecular complexity index is 1070. The van der Waals surface area contributed by atoms with E-state index in [-0.39, 0.29) is 18.2 Å². The van der Waals surface area contributed by atoms with E-state index in [1.54, 1.807) is 47.3 Å². The summed E-state index contributed by atoms with van der Waals surface area (Å²) in [6.45, 7) is 4.19. The molecule has 0 radical (unpaired) electrons. The lowest BCUT2D eigenvalue weighted by Gasteiger charge is -2.16. The first-order chi connectivity index (χ1) is 14.4. The molecule has 1 atom stereocenters. The van der Waals surface area contributed by atoms with Crippen molar-refractivity contribution in [2.45, 2.75) is 33.0 Å². The number of ketones is 1. The predicted molar refractivity (Wildman–Crippen MR) is 118 cm³/mol. The van der Waals surface area contributed by atoms with Gasteiger partial charge in [0.25, 0.3) is 6.04 Å². The van der Waals surface area contributed by atoms with E-state index in [0.29, 0.717) is 22.7 Å². The van der Waals surface area contributed by atoms with Crippen LogP contribution >= 0.6 is 12.2 Å². The number of aliphatic hydroxyl groups is 1. The zero-order chi connectivity index (χ0) is 21.7. The summed E-state index contributed by atoms with van der Waals surface area (Å²) in [4.78, 5) is 13.8. The molecule has 2 aromatic carbocycles. The highest BCUT2D eigenvalue weighted by Gasteiger charge is 2.33. The summed E-state index contributed by atoms with van der Waals surface area (Å²) in [7, 11) is 0. The Morgan fingerprint density at radius 3 is 2.50 bits per heavy atom. The van der Waals surface area contributed by atoms with Crippen LogP contribution in [0.2, 0.25) is 0 Å². The molecule has 0 unspecified atom stereocenters. The average molecular weight is 424 g/mol. The molecule has 1 aromatic heterocycles. The van der Waals surface area contributed by atoms with Crippen molar-refractivity contribution in [3.05, 3.63) is 101 Å². The van der Waals surface area contributed by atoms with E-state index in [1.165, 1.54) is 12.1 Å². The summed E-state index contributed by atoms with van der Waals surface area (Å²) in [5.74, 6) is -0.449. The number of carbonyl (C=O) groups excluding carboxylic acids is 1. The molecule has 3 aromatic rings. The summed E-state index contributed by atoms with van der Waals surface area (Å²) in [5.41, 5.74) is 4.23. The van der Waals surface area contributed by atoms with Gasteiger partial charge in [0.05, 0.1) is 6.61 Å². The number of aliphatic hydroxyl groups excluding tert-OH is 1. The fourth-order valence-electron chi connectivity index (χ4n) is 3.13. The Balaban J connectivity index is 1.91. The number of aryl methyl sites for hydroxylation is 2. The van der Waals surface area contributed by atoms with Crippen LogP contribution in [0.15, 0.2) is 67.0 Å². The van der Waals surface area contributed by atoms with Crippen molar-refractivity contribution in [1.29, 1.82) is 0 Å². The number of benzene rings is 2. The van der Waals surface area contributed by atoms with Crippen molar-refractivity contribution in [3.8, 4) is 0 Å². The second-order valence-electron chi connectivity index (χ2n) is 7.23. The SMILES string of the molecule is Cc1ccc(C(=O)[C@@H](C(=S)NCc2ccc(F)cc2)[n+]2cccc(CO)c2)cc1C. The van der Waals surface area contributed by atoms with Crippen molar-refractivity contribution < 1.29 is 18.9 Å². The lowest BCUT2D eigenvalue weighted by Crippen LogP contribution is -2.51. The number of nitrogens with zero attached hydrogens (tertiary/aromatic N) is 1. The fourth-order valence-corrected chi connectivity index (χ4v) is 3.43. The van der Waals surface area contributed by atoms with E-state index in [0.717, 1.165) is 16.7 Å². The van der Waals surface area contributed by atoms with Crippen LogP contribution in [0.25, 0.3) is 0 Å². The minimum atomic E-state index is -0.769. The number of hydrogen-bond acceptors (Lipinski definition) is 3. The fraction of sp³-hybridized carbons (Fsp3) is 0.208. The number of hydrogen-bond donors (Lipinski definition) is 2. The number of rotatable bonds is 7. The molecule has 0 spiro atoms. The molecule has 0 aliphatic carbocycles. The molecule has 4 nitrogen and oxygen atoms in total. The Morgan fingerprint density at radius 2 is 1.83 bits per heavy atom. The van der Waals surface area contributed by atoms with Crippen molar-refractivity contribution in [2.24, 2.45) is 0 Å².